The van der Waals surface area contributed by atoms with Crippen LogP contribution in [0.3, 0.4) is 0 Å². The molecule has 6 nitrogen and oxygen atoms in total. The lowest BCUT2D eigenvalue weighted by molar-refractivity contribution is 0.284. The minimum absolute atomic E-state index is 0.232. The molecule has 1 fully saturated rings. The Morgan fingerprint density at radius 2 is 1.94 bits per heavy atom. The standard InChI is InChI=1S/C9H14N4O2S/c10-9-6-11-8(5-12-9)7-13-1-3-16(14,15)4-2-13/h5-6H,1-4,7H2,(H2,10,12). The van der Waals surface area contributed by atoms with E-state index in [4.69, 9.17) is 5.73 Å². The van der Waals surface area contributed by atoms with Crippen molar-refractivity contribution < 1.29 is 8.42 Å². The second kappa shape index (κ2) is 4.34. The number of rotatable bonds is 2. The Morgan fingerprint density at radius 3 is 2.50 bits per heavy atom. The molecule has 0 aromatic carbocycles. The molecule has 2 N–H and O–H groups in total. The van der Waals surface area contributed by atoms with Crippen molar-refractivity contribution in [3.05, 3.63) is 18.1 Å². The normalized spacial score (nSPS) is 20.8. The van der Waals surface area contributed by atoms with Gasteiger partial charge in [0.25, 0.3) is 0 Å². The summed E-state index contributed by atoms with van der Waals surface area (Å²) >= 11 is 0. The Balaban J connectivity index is 1.94. The van der Waals surface area contributed by atoms with E-state index < -0.39 is 9.84 Å². The zero-order chi connectivity index (χ0) is 11.6. The van der Waals surface area contributed by atoms with Gasteiger partial charge < -0.3 is 5.73 Å². The number of hydrogen-bond acceptors (Lipinski definition) is 6. The van der Waals surface area contributed by atoms with Gasteiger partial charge in [-0.05, 0) is 0 Å². The summed E-state index contributed by atoms with van der Waals surface area (Å²) in [4.78, 5) is 10.1. The molecule has 1 aromatic rings. The SMILES string of the molecule is Nc1cnc(CN2CCS(=O)(=O)CC2)cn1. The molecule has 1 aromatic heterocycles. The Hall–Kier alpha value is -1.21. The number of aromatic nitrogens is 2. The van der Waals surface area contributed by atoms with E-state index in [9.17, 15) is 8.42 Å². The van der Waals surface area contributed by atoms with Crippen molar-refractivity contribution in [3.8, 4) is 0 Å². The van der Waals surface area contributed by atoms with Gasteiger partial charge in [0.05, 0.1) is 29.6 Å². The van der Waals surface area contributed by atoms with Gasteiger partial charge in [0, 0.05) is 19.6 Å². The molecule has 0 radical (unpaired) electrons. The second-order valence-corrected chi connectivity index (χ2v) is 6.16. The molecule has 2 rings (SSSR count). The van der Waals surface area contributed by atoms with Gasteiger partial charge in [-0.2, -0.15) is 0 Å². The zero-order valence-electron chi connectivity index (χ0n) is 8.83. The molecule has 2 heterocycles. The predicted octanol–water partition coefficient (Wildman–Crippen LogP) is -0.711. The minimum atomic E-state index is -2.81. The first-order valence-corrected chi connectivity index (χ1v) is 6.86. The third kappa shape index (κ3) is 2.89. The summed E-state index contributed by atoms with van der Waals surface area (Å²) < 4.78 is 22.4. The van der Waals surface area contributed by atoms with Crippen molar-refractivity contribution in [1.82, 2.24) is 14.9 Å². The average molecular weight is 242 g/mol. The van der Waals surface area contributed by atoms with E-state index in [0.29, 0.717) is 25.5 Å². The van der Waals surface area contributed by atoms with E-state index in [1.54, 1.807) is 6.20 Å². The summed E-state index contributed by atoms with van der Waals surface area (Å²) in [5.41, 5.74) is 6.24. The van der Waals surface area contributed by atoms with Crippen LogP contribution in [-0.2, 0) is 16.4 Å². The summed E-state index contributed by atoms with van der Waals surface area (Å²) in [7, 11) is -2.81. The van der Waals surface area contributed by atoms with E-state index in [0.717, 1.165) is 5.69 Å². The van der Waals surface area contributed by atoms with Gasteiger partial charge >= 0.3 is 0 Å². The number of sulfone groups is 1. The largest absolute Gasteiger partial charge is 0.382 e. The zero-order valence-corrected chi connectivity index (χ0v) is 9.65. The molecule has 1 aliphatic heterocycles. The number of anilines is 1. The Kier molecular flexibility index (Phi) is 3.06. The predicted molar refractivity (Wildman–Crippen MR) is 60.4 cm³/mol. The first kappa shape index (κ1) is 11.3. The molecule has 0 unspecified atom stereocenters. The molecule has 0 atom stereocenters. The molecular formula is C9H14N4O2S. The summed E-state index contributed by atoms with van der Waals surface area (Å²) in [6.07, 6.45) is 3.13. The number of nitrogens with two attached hydrogens (primary N) is 1. The van der Waals surface area contributed by atoms with Crippen LogP contribution in [0.2, 0.25) is 0 Å². The highest BCUT2D eigenvalue weighted by Crippen LogP contribution is 2.07. The first-order chi connectivity index (χ1) is 7.55. The molecule has 16 heavy (non-hydrogen) atoms. The Morgan fingerprint density at radius 1 is 1.25 bits per heavy atom. The molecule has 0 aliphatic carbocycles. The van der Waals surface area contributed by atoms with Crippen LogP contribution in [0.5, 0.6) is 0 Å². The Bertz CT molecular complexity index is 443. The van der Waals surface area contributed by atoms with Crippen molar-refractivity contribution in [1.29, 1.82) is 0 Å². The molecule has 88 valence electrons. The lowest BCUT2D eigenvalue weighted by Crippen LogP contribution is -2.39. The maximum atomic E-state index is 11.2. The fourth-order valence-electron chi connectivity index (χ4n) is 1.58. The van der Waals surface area contributed by atoms with Crippen molar-refractivity contribution in [2.75, 3.05) is 30.3 Å². The van der Waals surface area contributed by atoms with Gasteiger partial charge in [-0.15, -0.1) is 0 Å². The summed E-state index contributed by atoms with van der Waals surface area (Å²) in [5, 5.41) is 0. The molecule has 0 spiro atoms. The van der Waals surface area contributed by atoms with Crippen LogP contribution in [0.4, 0.5) is 5.82 Å². The van der Waals surface area contributed by atoms with Gasteiger partial charge in [0.15, 0.2) is 9.84 Å². The molecule has 0 saturated carbocycles. The van der Waals surface area contributed by atoms with Crippen LogP contribution in [-0.4, -0.2) is 47.9 Å². The van der Waals surface area contributed by atoms with Crippen molar-refractivity contribution in [2.45, 2.75) is 6.54 Å². The van der Waals surface area contributed by atoms with Crippen LogP contribution >= 0.6 is 0 Å². The van der Waals surface area contributed by atoms with E-state index in [2.05, 4.69) is 14.9 Å². The summed E-state index contributed by atoms with van der Waals surface area (Å²) in [6, 6.07) is 0. The van der Waals surface area contributed by atoms with E-state index in [1.807, 2.05) is 0 Å². The molecule has 0 amide bonds. The highest BCUT2D eigenvalue weighted by Gasteiger charge is 2.21. The van der Waals surface area contributed by atoms with Crippen LogP contribution in [0.25, 0.3) is 0 Å². The third-order valence-corrected chi connectivity index (χ3v) is 4.16. The number of nitrogen functional groups attached to an aromatic ring is 1. The van der Waals surface area contributed by atoms with Crippen molar-refractivity contribution >= 4 is 15.7 Å². The van der Waals surface area contributed by atoms with Crippen LogP contribution < -0.4 is 5.73 Å². The monoisotopic (exact) mass is 242 g/mol. The second-order valence-electron chi connectivity index (χ2n) is 3.86. The van der Waals surface area contributed by atoms with Gasteiger partial charge in [0.2, 0.25) is 0 Å². The fraction of sp³-hybridized carbons (Fsp3) is 0.556. The quantitative estimate of drug-likeness (QED) is 0.737. The molecule has 1 saturated heterocycles. The van der Waals surface area contributed by atoms with Gasteiger partial charge in [-0.25, -0.2) is 13.4 Å². The van der Waals surface area contributed by atoms with E-state index in [1.165, 1.54) is 6.20 Å². The fourth-order valence-corrected chi connectivity index (χ4v) is 2.86. The highest BCUT2D eigenvalue weighted by atomic mass is 32.2. The molecule has 1 aliphatic rings. The third-order valence-electron chi connectivity index (χ3n) is 2.55. The van der Waals surface area contributed by atoms with Gasteiger partial charge in [0.1, 0.15) is 5.82 Å². The summed E-state index contributed by atoms with van der Waals surface area (Å²) in [5.74, 6) is 0.857. The molecular weight excluding hydrogens is 228 g/mol. The van der Waals surface area contributed by atoms with E-state index >= 15 is 0 Å². The number of nitrogens with zero attached hydrogens (tertiary/aromatic N) is 3. The van der Waals surface area contributed by atoms with Crippen LogP contribution in [0, 0.1) is 0 Å². The van der Waals surface area contributed by atoms with Crippen LogP contribution in [0.1, 0.15) is 5.69 Å². The Labute approximate surface area is 94.4 Å². The maximum Gasteiger partial charge on any atom is 0.152 e. The topological polar surface area (TPSA) is 89.2 Å². The van der Waals surface area contributed by atoms with Gasteiger partial charge in [-0.1, -0.05) is 0 Å². The summed E-state index contributed by atoms with van der Waals surface area (Å²) in [6.45, 7) is 1.76. The number of hydrogen-bond donors (Lipinski definition) is 1. The highest BCUT2D eigenvalue weighted by molar-refractivity contribution is 7.91. The van der Waals surface area contributed by atoms with Crippen molar-refractivity contribution in [3.63, 3.8) is 0 Å². The molecule has 7 heteroatoms. The lowest BCUT2D eigenvalue weighted by atomic mass is 10.4. The minimum Gasteiger partial charge on any atom is -0.382 e. The first-order valence-electron chi connectivity index (χ1n) is 5.04. The lowest BCUT2D eigenvalue weighted by Gasteiger charge is -2.25. The maximum absolute atomic E-state index is 11.2. The average Bonchev–Trinajstić information content (AvgIpc) is 2.24. The smallest absolute Gasteiger partial charge is 0.152 e. The molecule has 0 bridgehead atoms. The van der Waals surface area contributed by atoms with E-state index in [-0.39, 0.29) is 11.5 Å². The van der Waals surface area contributed by atoms with Crippen LogP contribution in [0.15, 0.2) is 12.4 Å². The van der Waals surface area contributed by atoms with Gasteiger partial charge in [-0.3, -0.25) is 9.88 Å². The van der Waals surface area contributed by atoms with Crippen molar-refractivity contribution in [2.24, 2.45) is 0 Å².